The van der Waals surface area contributed by atoms with E-state index >= 15 is 0 Å². The van der Waals surface area contributed by atoms with Crippen LogP contribution in [0.15, 0.2) is 24.3 Å². The first kappa shape index (κ1) is 11.0. The van der Waals surface area contributed by atoms with Gasteiger partial charge in [-0.1, -0.05) is 26.0 Å². The second kappa shape index (κ2) is 4.94. The quantitative estimate of drug-likeness (QED) is 0.722. The molecule has 0 aromatic heterocycles. The number of hydrogen-bond acceptors (Lipinski definition) is 1. The minimum atomic E-state index is -2.75. The molecule has 14 heavy (non-hydrogen) atoms. The Kier molecular flexibility index (Phi) is 3.86. The monoisotopic (exact) mass is 200 g/mol. The van der Waals surface area contributed by atoms with E-state index in [2.05, 4.69) is 18.6 Å². The number of halogens is 2. The minimum Gasteiger partial charge on any atom is -0.435 e. The van der Waals surface area contributed by atoms with Crippen molar-refractivity contribution in [3.05, 3.63) is 29.8 Å². The molecule has 1 aromatic carbocycles. The molecular formula is C11H14F2O. The Balaban J connectivity index is 2.68. The third kappa shape index (κ3) is 3.73. The Bertz CT molecular complexity index is 259. The van der Waals surface area contributed by atoms with Crippen LogP contribution in [0.3, 0.4) is 0 Å². The predicted octanol–water partition coefficient (Wildman–Crippen LogP) is 3.49. The summed E-state index contributed by atoms with van der Waals surface area (Å²) in [7, 11) is 0. The van der Waals surface area contributed by atoms with Gasteiger partial charge in [0.2, 0.25) is 0 Å². The molecule has 78 valence electrons. The lowest BCUT2D eigenvalue weighted by Crippen LogP contribution is -2.02. The first-order chi connectivity index (χ1) is 6.58. The van der Waals surface area contributed by atoms with Crippen molar-refractivity contribution in [2.24, 2.45) is 5.92 Å². The van der Waals surface area contributed by atoms with Gasteiger partial charge in [0.25, 0.3) is 0 Å². The van der Waals surface area contributed by atoms with Crippen LogP contribution in [0.5, 0.6) is 5.75 Å². The third-order valence-corrected chi connectivity index (χ3v) is 1.77. The molecule has 0 bridgehead atoms. The lowest BCUT2D eigenvalue weighted by atomic mass is 10.0. The molecule has 1 aromatic rings. The second-order valence-electron chi connectivity index (χ2n) is 3.62. The second-order valence-corrected chi connectivity index (χ2v) is 3.62. The standard InChI is InChI=1S/C11H14F2O/c1-8(2)6-9-4-3-5-10(7-9)14-11(12)13/h3-5,7-8,11H,6H2,1-2H3. The molecule has 0 atom stereocenters. The Morgan fingerprint density at radius 1 is 1.29 bits per heavy atom. The van der Waals surface area contributed by atoms with Crippen molar-refractivity contribution < 1.29 is 13.5 Å². The third-order valence-electron chi connectivity index (χ3n) is 1.77. The van der Waals surface area contributed by atoms with Gasteiger partial charge in [0, 0.05) is 0 Å². The summed E-state index contributed by atoms with van der Waals surface area (Å²) in [5.41, 5.74) is 1.03. The molecule has 0 fully saturated rings. The van der Waals surface area contributed by atoms with Crippen molar-refractivity contribution in [2.75, 3.05) is 0 Å². The Hall–Kier alpha value is -1.12. The van der Waals surface area contributed by atoms with Crippen LogP contribution in [-0.2, 0) is 6.42 Å². The van der Waals surface area contributed by atoms with Gasteiger partial charge in [-0.05, 0) is 30.0 Å². The molecule has 0 heterocycles. The van der Waals surface area contributed by atoms with Crippen molar-refractivity contribution in [1.29, 1.82) is 0 Å². The molecule has 0 radical (unpaired) electrons. The molecule has 3 heteroatoms. The van der Waals surface area contributed by atoms with Gasteiger partial charge in [-0.2, -0.15) is 8.78 Å². The van der Waals surface area contributed by atoms with Gasteiger partial charge >= 0.3 is 6.61 Å². The van der Waals surface area contributed by atoms with E-state index in [1.165, 1.54) is 6.07 Å². The maximum absolute atomic E-state index is 11.9. The van der Waals surface area contributed by atoms with Gasteiger partial charge in [-0.3, -0.25) is 0 Å². The van der Waals surface area contributed by atoms with E-state index in [4.69, 9.17) is 0 Å². The summed E-state index contributed by atoms with van der Waals surface area (Å²) >= 11 is 0. The largest absolute Gasteiger partial charge is 0.435 e. The number of alkyl halides is 2. The molecule has 0 saturated carbocycles. The van der Waals surface area contributed by atoms with Gasteiger partial charge < -0.3 is 4.74 Å². The first-order valence-electron chi connectivity index (χ1n) is 4.61. The first-order valence-corrected chi connectivity index (χ1v) is 4.61. The Morgan fingerprint density at radius 2 is 2.00 bits per heavy atom. The van der Waals surface area contributed by atoms with Crippen LogP contribution in [0.4, 0.5) is 8.78 Å². The molecule has 0 N–H and O–H groups in total. The summed E-state index contributed by atoms with van der Waals surface area (Å²) in [6, 6.07) is 6.84. The van der Waals surface area contributed by atoms with Crippen LogP contribution in [0, 0.1) is 5.92 Å². The highest BCUT2D eigenvalue weighted by atomic mass is 19.3. The molecule has 1 rings (SSSR count). The summed E-state index contributed by atoms with van der Waals surface area (Å²) < 4.78 is 28.1. The number of benzene rings is 1. The molecule has 1 nitrogen and oxygen atoms in total. The molecule has 0 aliphatic rings. The predicted molar refractivity (Wildman–Crippen MR) is 51.6 cm³/mol. The lowest BCUT2D eigenvalue weighted by molar-refractivity contribution is -0.0498. The van der Waals surface area contributed by atoms with Crippen molar-refractivity contribution >= 4 is 0 Å². The SMILES string of the molecule is CC(C)Cc1cccc(OC(F)F)c1. The number of ether oxygens (including phenoxy) is 1. The molecule has 0 aliphatic carbocycles. The Morgan fingerprint density at radius 3 is 2.57 bits per heavy atom. The molecule has 0 amide bonds. The van der Waals surface area contributed by atoms with Crippen LogP contribution in [0.25, 0.3) is 0 Å². The topological polar surface area (TPSA) is 9.23 Å². The number of rotatable bonds is 4. The average molecular weight is 200 g/mol. The fourth-order valence-corrected chi connectivity index (χ4v) is 1.32. The van der Waals surface area contributed by atoms with Crippen LogP contribution in [0.2, 0.25) is 0 Å². The van der Waals surface area contributed by atoms with Gasteiger partial charge in [-0.15, -0.1) is 0 Å². The van der Waals surface area contributed by atoms with E-state index in [1.54, 1.807) is 12.1 Å². The molecular weight excluding hydrogens is 186 g/mol. The highest BCUT2D eigenvalue weighted by molar-refractivity contribution is 5.28. The summed E-state index contributed by atoms with van der Waals surface area (Å²) in [5, 5.41) is 0. The smallest absolute Gasteiger partial charge is 0.387 e. The maximum atomic E-state index is 11.9. The van der Waals surface area contributed by atoms with Gasteiger partial charge in [-0.25, -0.2) is 0 Å². The highest BCUT2D eigenvalue weighted by Crippen LogP contribution is 2.17. The highest BCUT2D eigenvalue weighted by Gasteiger charge is 2.05. The molecule has 0 spiro atoms. The van der Waals surface area contributed by atoms with E-state index in [0.29, 0.717) is 5.92 Å². The molecule has 0 saturated heterocycles. The Labute approximate surface area is 82.7 Å². The zero-order valence-electron chi connectivity index (χ0n) is 8.34. The van der Waals surface area contributed by atoms with E-state index in [1.807, 2.05) is 6.07 Å². The van der Waals surface area contributed by atoms with E-state index in [-0.39, 0.29) is 5.75 Å². The van der Waals surface area contributed by atoms with E-state index in [9.17, 15) is 8.78 Å². The van der Waals surface area contributed by atoms with Crippen molar-refractivity contribution in [2.45, 2.75) is 26.9 Å². The zero-order chi connectivity index (χ0) is 10.6. The summed E-state index contributed by atoms with van der Waals surface area (Å²) in [4.78, 5) is 0. The van der Waals surface area contributed by atoms with Gasteiger partial charge in [0.15, 0.2) is 0 Å². The van der Waals surface area contributed by atoms with Crippen LogP contribution < -0.4 is 4.74 Å². The minimum absolute atomic E-state index is 0.234. The number of hydrogen-bond donors (Lipinski definition) is 0. The summed E-state index contributed by atoms with van der Waals surface area (Å²) in [6.07, 6.45) is 0.875. The van der Waals surface area contributed by atoms with Crippen molar-refractivity contribution in [3.8, 4) is 5.75 Å². The van der Waals surface area contributed by atoms with E-state index < -0.39 is 6.61 Å². The van der Waals surface area contributed by atoms with Crippen LogP contribution in [-0.4, -0.2) is 6.61 Å². The normalized spacial score (nSPS) is 11.0. The maximum Gasteiger partial charge on any atom is 0.387 e. The van der Waals surface area contributed by atoms with Crippen molar-refractivity contribution in [1.82, 2.24) is 0 Å². The van der Waals surface area contributed by atoms with Crippen LogP contribution in [0.1, 0.15) is 19.4 Å². The zero-order valence-corrected chi connectivity index (χ0v) is 8.34. The van der Waals surface area contributed by atoms with Gasteiger partial charge in [0.1, 0.15) is 5.75 Å². The molecule has 0 aliphatic heterocycles. The molecule has 0 unspecified atom stereocenters. The van der Waals surface area contributed by atoms with Crippen molar-refractivity contribution in [3.63, 3.8) is 0 Å². The lowest BCUT2D eigenvalue weighted by Gasteiger charge is -2.08. The van der Waals surface area contributed by atoms with E-state index in [0.717, 1.165) is 12.0 Å². The average Bonchev–Trinajstić information content (AvgIpc) is 2.01. The fourth-order valence-electron chi connectivity index (χ4n) is 1.32. The summed E-state index contributed by atoms with van der Waals surface area (Å²) in [6.45, 7) is 1.42. The summed E-state index contributed by atoms with van der Waals surface area (Å²) in [5.74, 6) is 0.745. The fraction of sp³-hybridized carbons (Fsp3) is 0.455. The van der Waals surface area contributed by atoms with Crippen LogP contribution >= 0.6 is 0 Å². The van der Waals surface area contributed by atoms with Gasteiger partial charge in [0.05, 0.1) is 0 Å².